The second-order valence-corrected chi connectivity index (χ2v) is 7.94. The highest BCUT2D eigenvalue weighted by Crippen LogP contribution is 2.35. The molecule has 0 saturated carbocycles. The number of aliphatic carboxylic acids is 1. The molecule has 2 aliphatic heterocycles. The first-order valence-corrected chi connectivity index (χ1v) is 8.69. The van der Waals surface area contributed by atoms with Gasteiger partial charge in [-0.1, -0.05) is 6.42 Å². The maximum absolute atomic E-state index is 12.2. The van der Waals surface area contributed by atoms with E-state index in [9.17, 15) is 13.2 Å². The van der Waals surface area contributed by atoms with Crippen molar-refractivity contribution in [3.05, 3.63) is 17.7 Å². The second kappa shape index (κ2) is 4.87. The number of sulfone groups is 1. The van der Waals surface area contributed by atoms with Crippen LogP contribution in [0, 0.1) is 5.92 Å². The number of hydrogen-bond acceptors (Lipinski definition) is 4. The summed E-state index contributed by atoms with van der Waals surface area (Å²) in [6.07, 6.45) is 4.89. The van der Waals surface area contributed by atoms with Crippen molar-refractivity contribution in [2.45, 2.75) is 43.9 Å². The molecule has 6 nitrogen and oxygen atoms in total. The average Bonchev–Trinajstić information content (AvgIpc) is 2.81. The van der Waals surface area contributed by atoms with E-state index in [1.807, 2.05) is 4.57 Å². The highest BCUT2D eigenvalue weighted by atomic mass is 32.2. The lowest BCUT2D eigenvalue weighted by molar-refractivity contribution is -0.142. The first-order chi connectivity index (χ1) is 9.49. The second-order valence-electron chi connectivity index (χ2n) is 5.64. The van der Waals surface area contributed by atoms with Crippen LogP contribution in [-0.2, 0) is 27.6 Å². The summed E-state index contributed by atoms with van der Waals surface area (Å²) in [6, 6.07) is 0. The van der Waals surface area contributed by atoms with Gasteiger partial charge in [-0.3, -0.25) is 4.79 Å². The molecule has 1 aromatic rings. The van der Waals surface area contributed by atoms with Crippen LogP contribution in [0.15, 0.2) is 6.20 Å². The molecule has 2 unspecified atom stereocenters. The number of fused-ring (bicyclic) bond motifs is 1. The molecule has 3 rings (SSSR count). The monoisotopic (exact) mass is 298 g/mol. The van der Waals surface area contributed by atoms with Crippen molar-refractivity contribution in [3.8, 4) is 0 Å². The van der Waals surface area contributed by atoms with Crippen LogP contribution >= 0.6 is 0 Å². The summed E-state index contributed by atoms with van der Waals surface area (Å²) < 4.78 is 26.3. The minimum atomic E-state index is -3.11. The van der Waals surface area contributed by atoms with Crippen molar-refractivity contribution in [1.82, 2.24) is 9.55 Å². The van der Waals surface area contributed by atoms with Gasteiger partial charge < -0.3 is 9.67 Å². The fourth-order valence-corrected chi connectivity index (χ4v) is 5.13. The third-order valence-corrected chi connectivity index (χ3v) is 6.51. The van der Waals surface area contributed by atoms with E-state index in [1.54, 1.807) is 6.20 Å². The van der Waals surface area contributed by atoms with Gasteiger partial charge in [0.2, 0.25) is 0 Å². The maximum Gasteiger partial charge on any atom is 0.306 e. The van der Waals surface area contributed by atoms with Crippen LogP contribution in [0.3, 0.4) is 0 Å². The van der Waals surface area contributed by atoms with Crippen molar-refractivity contribution in [3.63, 3.8) is 0 Å². The molecule has 7 heteroatoms. The minimum absolute atomic E-state index is 0.234. The molecule has 0 bridgehead atoms. The molecule has 1 fully saturated rings. The molecule has 0 amide bonds. The van der Waals surface area contributed by atoms with E-state index in [-0.39, 0.29) is 11.7 Å². The molecule has 110 valence electrons. The van der Waals surface area contributed by atoms with E-state index in [0.29, 0.717) is 31.6 Å². The lowest BCUT2D eigenvalue weighted by Gasteiger charge is -2.26. The van der Waals surface area contributed by atoms with Crippen molar-refractivity contribution in [2.75, 3.05) is 5.75 Å². The Morgan fingerprint density at radius 2 is 2.15 bits per heavy atom. The Bertz CT molecular complexity index is 635. The summed E-state index contributed by atoms with van der Waals surface area (Å²) in [5.41, 5.74) is 0.847. The number of aromatic nitrogens is 2. The zero-order chi connectivity index (χ0) is 14.3. The molecular weight excluding hydrogens is 280 g/mol. The molecule has 3 heterocycles. The molecule has 0 radical (unpaired) electrons. The van der Waals surface area contributed by atoms with Crippen LogP contribution in [-0.4, -0.2) is 34.8 Å². The summed E-state index contributed by atoms with van der Waals surface area (Å²) in [5.74, 6) is -0.319. The van der Waals surface area contributed by atoms with E-state index in [0.717, 1.165) is 18.5 Å². The fraction of sp³-hybridized carbons (Fsp3) is 0.692. The Kier molecular flexibility index (Phi) is 3.32. The molecule has 2 aliphatic rings. The van der Waals surface area contributed by atoms with Gasteiger partial charge >= 0.3 is 5.97 Å². The van der Waals surface area contributed by atoms with E-state index in [2.05, 4.69) is 4.98 Å². The molecular formula is C13H18N2O4S. The molecule has 0 aromatic carbocycles. The van der Waals surface area contributed by atoms with Crippen LogP contribution in [0.1, 0.15) is 42.5 Å². The number of nitrogens with zero attached hydrogens (tertiary/aromatic N) is 2. The zero-order valence-corrected chi connectivity index (χ0v) is 12.0. The van der Waals surface area contributed by atoms with Crippen molar-refractivity contribution >= 4 is 15.8 Å². The van der Waals surface area contributed by atoms with Crippen LogP contribution in [0.4, 0.5) is 0 Å². The number of rotatable bonds is 2. The minimum Gasteiger partial charge on any atom is -0.481 e. The normalized spacial score (nSPS) is 28.8. The van der Waals surface area contributed by atoms with E-state index < -0.39 is 21.1 Å². The van der Waals surface area contributed by atoms with E-state index >= 15 is 0 Å². The Balaban J connectivity index is 1.92. The quantitative estimate of drug-likeness (QED) is 0.885. The predicted molar refractivity (Wildman–Crippen MR) is 72.1 cm³/mol. The van der Waals surface area contributed by atoms with Crippen molar-refractivity contribution in [1.29, 1.82) is 0 Å². The van der Waals surface area contributed by atoms with Gasteiger partial charge in [0, 0.05) is 24.9 Å². The highest BCUT2D eigenvalue weighted by Gasteiger charge is 2.36. The third kappa shape index (κ3) is 2.24. The number of hydrogen-bond donors (Lipinski definition) is 1. The van der Waals surface area contributed by atoms with Gasteiger partial charge in [0.05, 0.1) is 11.7 Å². The molecule has 1 N–H and O–H groups in total. The zero-order valence-electron chi connectivity index (χ0n) is 11.2. The Hall–Kier alpha value is -1.37. The van der Waals surface area contributed by atoms with Crippen molar-refractivity contribution in [2.24, 2.45) is 5.92 Å². The van der Waals surface area contributed by atoms with Gasteiger partial charge in [-0.2, -0.15) is 0 Å². The first kappa shape index (κ1) is 13.6. The van der Waals surface area contributed by atoms with Crippen LogP contribution in [0.25, 0.3) is 0 Å². The van der Waals surface area contributed by atoms with Crippen LogP contribution < -0.4 is 0 Å². The number of carboxylic acid groups (broad SMARTS) is 1. The van der Waals surface area contributed by atoms with Gasteiger partial charge in [-0.15, -0.1) is 0 Å². The highest BCUT2D eigenvalue weighted by molar-refractivity contribution is 7.91. The summed E-state index contributed by atoms with van der Waals surface area (Å²) in [6.45, 7) is 0.549. The molecule has 1 aromatic heterocycles. The smallest absolute Gasteiger partial charge is 0.306 e. The molecule has 0 spiro atoms. The molecule has 20 heavy (non-hydrogen) atoms. The lowest BCUT2D eigenvalue weighted by Crippen LogP contribution is -2.29. The van der Waals surface area contributed by atoms with Gasteiger partial charge in [0.25, 0.3) is 0 Å². The maximum atomic E-state index is 12.2. The first-order valence-electron chi connectivity index (χ1n) is 6.98. The SMILES string of the molecule is O=C(O)C1CCn2c(cnc2C2CCCCS2(=O)=O)C1. The van der Waals surface area contributed by atoms with Crippen LogP contribution in [0.2, 0.25) is 0 Å². The van der Waals surface area contributed by atoms with E-state index in [1.165, 1.54) is 0 Å². The van der Waals surface area contributed by atoms with E-state index in [4.69, 9.17) is 5.11 Å². The molecule has 0 aliphatic carbocycles. The molecule has 2 atom stereocenters. The lowest BCUT2D eigenvalue weighted by atomic mass is 9.96. The largest absolute Gasteiger partial charge is 0.481 e. The summed E-state index contributed by atoms with van der Waals surface area (Å²) in [7, 11) is -3.11. The number of imidazole rings is 1. The average molecular weight is 298 g/mol. The Morgan fingerprint density at radius 3 is 2.85 bits per heavy atom. The number of carboxylic acids is 1. The van der Waals surface area contributed by atoms with Gasteiger partial charge in [0.15, 0.2) is 9.84 Å². The predicted octanol–water partition coefficient (Wildman–Crippen LogP) is 1.17. The Labute approximate surface area is 117 Å². The van der Waals surface area contributed by atoms with Gasteiger partial charge in [0.1, 0.15) is 11.1 Å². The van der Waals surface area contributed by atoms with Crippen LogP contribution in [0.5, 0.6) is 0 Å². The topological polar surface area (TPSA) is 89.3 Å². The fourth-order valence-electron chi connectivity index (χ4n) is 3.20. The third-order valence-electron chi connectivity index (χ3n) is 4.34. The summed E-state index contributed by atoms with van der Waals surface area (Å²) in [4.78, 5) is 15.4. The number of carbonyl (C=O) groups is 1. The summed E-state index contributed by atoms with van der Waals surface area (Å²) in [5, 5.41) is 8.57. The van der Waals surface area contributed by atoms with Gasteiger partial charge in [-0.05, 0) is 19.3 Å². The Morgan fingerprint density at radius 1 is 1.35 bits per heavy atom. The van der Waals surface area contributed by atoms with Gasteiger partial charge in [-0.25, -0.2) is 13.4 Å². The standard InChI is InChI=1S/C13H18N2O4S/c16-13(17)9-4-5-15-10(7-9)8-14-12(15)11-3-1-2-6-20(11,18)19/h8-9,11H,1-7H2,(H,16,17). The molecule has 1 saturated heterocycles. The summed E-state index contributed by atoms with van der Waals surface area (Å²) >= 11 is 0. The van der Waals surface area contributed by atoms with Crippen molar-refractivity contribution < 1.29 is 18.3 Å².